The molecule has 0 saturated carbocycles. The van der Waals surface area contributed by atoms with E-state index in [9.17, 15) is 4.79 Å². The van der Waals surface area contributed by atoms with Crippen molar-refractivity contribution in [2.75, 3.05) is 7.11 Å². The highest BCUT2D eigenvalue weighted by Gasteiger charge is 2.17. The summed E-state index contributed by atoms with van der Waals surface area (Å²) in [6.45, 7) is 0.358. The van der Waals surface area contributed by atoms with Gasteiger partial charge in [-0.2, -0.15) is 0 Å². The van der Waals surface area contributed by atoms with Crippen molar-refractivity contribution >= 4 is 29.0 Å². The van der Waals surface area contributed by atoms with Gasteiger partial charge in [-0.05, 0) is 65.5 Å². The van der Waals surface area contributed by atoms with Crippen LogP contribution in [0.15, 0.2) is 94.0 Å². The van der Waals surface area contributed by atoms with Crippen LogP contribution < -0.4 is 10.1 Å². The number of hydrogen-bond acceptors (Lipinski definition) is 7. The first-order chi connectivity index (χ1) is 17.2. The first kappa shape index (κ1) is 22.9. The van der Waals surface area contributed by atoms with Crippen molar-refractivity contribution < 1.29 is 13.9 Å². The molecule has 0 saturated heterocycles. The summed E-state index contributed by atoms with van der Waals surface area (Å²) in [4.78, 5) is 13.5. The maximum Gasteiger partial charge on any atom is 0.251 e. The number of aromatic nitrogens is 3. The molecule has 0 fully saturated rings. The maximum absolute atomic E-state index is 12.4. The van der Waals surface area contributed by atoms with E-state index in [4.69, 9.17) is 9.15 Å². The van der Waals surface area contributed by atoms with E-state index in [1.54, 1.807) is 42.5 Å². The van der Waals surface area contributed by atoms with Gasteiger partial charge in [0, 0.05) is 11.3 Å². The Balaban J connectivity index is 1.30. The van der Waals surface area contributed by atoms with Crippen LogP contribution >= 0.6 is 23.1 Å². The van der Waals surface area contributed by atoms with Crippen molar-refractivity contribution in [1.29, 1.82) is 0 Å². The number of thioether (sulfide) groups is 1. The monoisotopic (exact) mass is 502 g/mol. The molecule has 7 nitrogen and oxygen atoms in total. The number of benzene rings is 2. The van der Waals surface area contributed by atoms with E-state index in [1.165, 1.54) is 0 Å². The molecule has 1 amide bonds. The van der Waals surface area contributed by atoms with Gasteiger partial charge in [0.1, 0.15) is 11.5 Å². The van der Waals surface area contributed by atoms with Crippen molar-refractivity contribution in [2.24, 2.45) is 0 Å². The number of methoxy groups -OCH3 is 1. The predicted octanol–water partition coefficient (Wildman–Crippen LogP) is 5.82. The van der Waals surface area contributed by atoms with Crippen LogP contribution in [0.4, 0.5) is 0 Å². The molecule has 2 aromatic carbocycles. The summed E-state index contributed by atoms with van der Waals surface area (Å²) < 4.78 is 12.6. The molecule has 0 aliphatic carbocycles. The minimum atomic E-state index is -0.138. The number of carbonyl (C=O) groups is 1. The lowest BCUT2D eigenvalue weighted by molar-refractivity contribution is 0.0948. The Bertz CT molecular complexity index is 1380. The number of thiophene rings is 1. The third kappa shape index (κ3) is 5.31. The number of furan rings is 1. The van der Waals surface area contributed by atoms with Crippen LogP contribution in [0.3, 0.4) is 0 Å². The molecule has 0 aliphatic heterocycles. The molecule has 176 valence electrons. The van der Waals surface area contributed by atoms with Crippen LogP contribution in [0.25, 0.3) is 16.4 Å². The Morgan fingerprint density at radius 2 is 1.89 bits per heavy atom. The summed E-state index contributed by atoms with van der Waals surface area (Å²) in [6.07, 6.45) is 1.59. The Kier molecular flexibility index (Phi) is 6.97. The molecule has 0 aliphatic rings. The topological polar surface area (TPSA) is 82.2 Å². The molecule has 0 bridgehead atoms. The van der Waals surface area contributed by atoms with E-state index in [-0.39, 0.29) is 5.91 Å². The van der Waals surface area contributed by atoms with E-state index in [0.717, 1.165) is 32.9 Å². The molecular formula is C26H22N4O3S2. The summed E-state index contributed by atoms with van der Waals surface area (Å²) in [5, 5.41) is 14.6. The van der Waals surface area contributed by atoms with Crippen molar-refractivity contribution in [3.63, 3.8) is 0 Å². The number of nitrogens with one attached hydrogen (secondary N) is 1. The first-order valence-electron chi connectivity index (χ1n) is 10.9. The molecule has 3 heterocycles. The fraction of sp³-hybridized carbons (Fsp3) is 0.115. The highest BCUT2D eigenvalue weighted by Crippen LogP contribution is 2.32. The molecular weight excluding hydrogens is 480 g/mol. The fourth-order valence-electron chi connectivity index (χ4n) is 3.48. The van der Waals surface area contributed by atoms with Gasteiger partial charge in [-0.25, -0.2) is 0 Å². The first-order valence-corrected chi connectivity index (χ1v) is 12.7. The Hall–Kier alpha value is -3.82. The fourth-order valence-corrected chi connectivity index (χ4v) is 5.08. The van der Waals surface area contributed by atoms with Gasteiger partial charge in [-0.1, -0.05) is 30.0 Å². The molecule has 0 radical (unpaired) electrons. The molecule has 9 heteroatoms. The minimum Gasteiger partial charge on any atom is -0.497 e. The van der Waals surface area contributed by atoms with Gasteiger partial charge in [0.2, 0.25) is 0 Å². The second-order valence-electron chi connectivity index (χ2n) is 7.56. The number of nitrogens with zero attached hydrogens (tertiary/aromatic N) is 3. The number of amides is 1. The zero-order chi connectivity index (χ0) is 24.0. The quantitative estimate of drug-likeness (QED) is 0.256. The second-order valence-corrected chi connectivity index (χ2v) is 9.45. The number of ether oxygens (including phenoxy) is 1. The lowest BCUT2D eigenvalue weighted by Gasteiger charge is -2.10. The van der Waals surface area contributed by atoms with Crippen LogP contribution in [-0.2, 0) is 12.3 Å². The molecule has 5 aromatic rings. The molecule has 0 atom stereocenters. The van der Waals surface area contributed by atoms with Crippen molar-refractivity contribution in [3.05, 3.63) is 101 Å². The lowest BCUT2D eigenvalue weighted by Crippen LogP contribution is -2.22. The van der Waals surface area contributed by atoms with Crippen LogP contribution in [0.2, 0.25) is 0 Å². The van der Waals surface area contributed by atoms with E-state index in [1.807, 2.05) is 72.1 Å². The average Bonchev–Trinajstić information content (AvgIpc) is 3.68. The second kappa shape index (κ2) is 10.6. The van der Waals surface area contributed by atoms with Gasteiger partial charge in [0.05, 0.1) is 30.5 Å². The van der Waals surface area contributed by atoms with Crippen LogP contribution in [-0.4, -0.2) is 27.8 Å². The van der Waals surface area contributed by atoms with Crippen molar-refractivity contribution in [3.8, 4) is 22.1 Å². The SMILES string of the molecule is COc1ccc(-n2c(SCc3ccc(C(=O)NCc4ccco4)cc3)nnc2-c2cccs2)cc1. The molecule has 0 spiro atoms. The third-order valence-corrected chi connectivity index (χ3v) is 7.16. The number of hydrogen-bond donors (Lipinski definition) is 1. The molecule has 1 N–H and O–H groups in total. The summed E-state index contributed by atoms with van der Waals surface area (Å²) >= 11 is 3.22. The van der Waals surface area contributed by atoms with Gasteiger partial charge in [0.15, 0.2) is 11.0 Å². The summed E-state index contributed by atoms with van der Waals surface area (Å²) in [5.41, 5.74) is 2.65. The predicted molar refractivity (Wildman–Crippen MR) is 137 cm³/mol. The zero-order valence-corrected chi connectivity index (χ0v) is 20.5. The van der Waals surface area contributed by atoms with E-state index in [2.05, 4.69) is 20.1 Å². The van der Waals surface area contributed by atoms with Crippen LogP contribution in [0, 0.1) is 0 Å². The van der Waals surface area contributed by atoms with Crippen molar-refractivity contribution in [2.45, 2.75) is 17.5 Å². The van der Waals surface area contributed by atoms with E-state index >= 15 is 0 Å². The van der Waals surface area contributed by atoms with Gasteiger partial charge in [-0.15, -0.1) is 21.5 Å². The number of rotatable bonds is 9. The Labute approximate surface area is 210 Å². The summed E-state index contributed by atoms with van der Waals surface area (Å²) in [7, 11) is 1.65. The number of carbonyl (C=O) groups excluding carboxylic acids is 1. The molecule has 35 heavy (non-hydrogen) atoms. The maximum atomic E-state index is 12.4. The minimum absolute atomic E-state index is 0.138. The van der Waals surface area contributed by atoms with Gasteiger partial charge >= 0.3 is 0 Å². The van der Waals surface area contributed by atoms with Crippen LogP contribution in [0.5, 0.6) is 5.75 Å². The normalized spacial score (nSPS) is 10.9. The average molecular weight is 503 g/mol. The van der Waals surface area contributed by atoms with Crippen molar-refractivity contribution in [1.82, 2.24) is 20.1 Å². The van der Waals surface area contributed by atoms with Gasteiger partial charge in [-0.3, -0.25) is 9.36 Å². The Morgan fingerprint density at radius 1 is 1.06 bits per heavy atom. The molecule has 5 rings (SSSR count). The largest absolute Gasteiger partial charge is 0.497 e. The van der Waals surface area contributed by atoms with Gasteiger partial charge in [0.25, 0.3) is 5.91 Å². The smallest absolute Gasteiger partial charge is 0.251 e. The molecule has 0 unspecified atom stereocenters. The Morgan fingerprint density at radius 3 is 2.57 bits per heavy atom. The lowest BCUT2D eigenvalue weighted by atomic mass is 10.1. The van der Waals surface area contributed by atoms with Gasteiger partial charge < -0.3 is 14.5 Å². The van der Waals surface area contributed by atoms with Crippen LogP contribution in [0.1, 0.15) is 21.7 Å². The van der Waals surface area contributed by atoms with E-state index < -0.39 is 0 Å². The summed E-state index contributed by atoms with van der Waals surface area (Å²) in [5.74, 6) is 2.86. The zero-order valence-electron chi connectivity index (χ0n) is 18.9. The highest BCUT2D eigenvalue weighted by atomic mass is 32.2. The summed E-state index contributed by atoms with van der Waals surface area (Å²) in [6, 6.07) is 23.1. The highest BCUT2D eigenvalue weighted by molar-refractivity contribution is 7.98. The molecule has 3 aromatic heterocycles. The standard InChI is InChI=1S/C26H22N4O3S2/c1-32-21-12-10-20(11-13-21)30-24(23-5-3-15-34-23)28-29-26(30)35-17-18-6-8-19(9-7-18)25(31)27-16-22-4-2-14-33-22/h2-15H,16-17H2,1H3,(H,27,31). The van der Waals surface area contributed by atoms with E-state index in [0.29, 0.717) is 23.6 Å². The third-order valence-electron chi connectivity index (χ3n) is 5.29.